The van der Waals surface area contributed by atoms with Crippen molar-refractivity contribution in [1.82, 2.24) is 9.21 Å². The fraction of sp³-hybridized carbons (Fsp3) is 0.611. The highest BCUT2D eigenvalue weighted by Crippen LogP contribution is 2.46. The van der Waals surface area contributed by atoms with Crippen LogP contribution in [0.15, 0.2) is 30.3 Å². The first-order chi connectivity index (χ1) is 11.9. The molecule has 3 rings (SSSR count). The molecule has 2 fully saturated rings. The summed E-state index contributed by atoms with van der Waals surface area (Å²) in [6, 6.07) is 10.1. The Labute approximate surface area is 149 Å². The SMILES string of the molecule is CCS(=O)(=O)N1CC2CN(C(=O)CCO)CC[C@@]2(c2ccccc2)C1. The molecule has 2 aliphatic heterocycles. The van der Waals surface area contributed by atoms with Crippen LogP contribution in [0.2, 0.25) is 0 Å². The van der Waals surface area contributed by atoms with E-state index < -0.39 is 10.0 Å². The Morgan fingerprint density at radius 3 is 2.64 bits per heavy atom. The molecule has 1 N–H and O–H groups in total. The minimum atomic E-state index is -3.26. The van der Waals surface area contributed by atoms with Crippen LogP contribution in [0, 0.1) is 5.92 Å². The van der Waals surface area contributed by atoms with Gasteiger partial charge in [-0.05, 0) is 18.9 Å². The molecule has 7 heteroatoms. The van der Waals surface area contributed by atoms with Gasteiger partial charge in [0.1, 0.15) is 0 Å². The van der Waals surface area contributed by atoms with Crippen LogP contribution in [0.5, 0.6) is 0 Å². The minimum Gasteiger partial charge on any atom is -0.396 e. The number of carbonyl (C=O) groups excluding carboxylic acids is 1. The maximum atomic E-state index is 12.4. The van der Waals surface area contributed by atoms with E-state index >= 15 is 0 Å². The second-order valence-corrected chi connectivity index (χ2v) is 9.23. The van der Waals surface area contributed by atoms with E-state index in [0.29, 0.717) is 26.2 Å². The van der Waals surface area contributed by atoms with Gasteiger partial charge in [0.15, 0.2) is 0 Å². The number of aliphatic hydroxyl groups excluding tert-OH is 1. The maximum absolute atomic E-state index is 12.4. The molecule has 2 atom stereocenters. The van der Waals surface area contributed by atoms with Crippen LogP contribution >= 0.6 is 0 Å². The normalized spacial score (nSPS) is 27.3. The third-order valence-electron chi connectivity index (χ3n) is 5.72. The molecule has 1 aromatic rings. The summed E-state index contributed by atoms with van der Waals surface area (Å²) in [5, 5.41) is 9.03. The number of likely N-dealkylation sites (tertiary alicyclic amines) is 1. The van der Waals surface area contributed by atoms with Gasteiger partial charge < -0.3 is 10.0 Å². The van der Waals surface area contributed by atoms with E-state index in [1.165, 1.54) is 0 Å². The highest BCUT2D eigenvalue weighted by Gasteiger charge is 2.53. The van der Waals surface area contributed by atoms with Gasteiger partial charge in [0.2, 0.25) is 15.9 Å². The van der Waals surface area contributed by atoms with Crippen molar-refractivity contribution in [3.05, 3.63) is 35.9 Å². The summed E-state index contributed by atoms with van der Waals surface area (Å²) in [6.07, 6.45) is 0.872. The lowest BCUT2D eigenvalue weighted by atomic mass is 9.68. The number of piperidine rings is 1. The van der Waals surface area contributed by atoms with E-state index in [1.54, 1.807) is 16.1 Å². The Morgan fingerprint density at radius 1 is 1.28 bits per heavy atom. The summed E-state index contributed by atoms with van der Waals surface area (Å²) in [5.74, 6) is 0.117. The lowest BCUT2D eigenvalue weighted by Crippen LogP contribution is -2.51. The first kappa shape index (κ1) is 18.4. The van der Waals surface area contributed by atoms with Gasteiger partial charge in [0.25, 0.3) is 0 Å². The number of benzene rings is 1. The van der Waals surface area contributed by atoms with Crippen molar-refractivity contribution in [2.75, 3.05) is 38.5 Å². The van der Waals surface area contributed by atoms with Gasteiger partial charge in [0.05, 0.1) is 12.4 Å². The third-order valence-corrected chi connectivity index (χ3v) is 7.51. The zero-order chi connectivity index (χ0) is 18.1. The van der Waals surface area contributed by atoms with Gasteiger partial charge in [-0.15, -0.1) is 0 Å². The Kier molecular flexibility index (Phi) is 5.18. The molecular formula is C18H26N2O4S. The molecule has 1 unspecified atom stereocenters. The third kappa shape index (κ3) is 3.32. The summed E-state index contributed by atoms with van der Waals surface area (Å²) in [4.78, 5) is 14.0. The van der Waals surface area contributed by atoms with E-state index in [-0.39, 0.29) is 36.0 Å². The van der Waals surface area contributed by atoms with E-state index in [2.05, 4.69) is 12.1 Å². The number of nitrogens with zero attached hydrogens (tertiary/aromatic N) is 2. The molecule has 1 amide bonds. The molecule has 0 saturated carbocycles. The lowest BCUT2D eigenvalue weighted by Gasteiger charge is -2.44. The number of aliphatic hydroxyl groups is 1. The van der Waals surface area contributed by atoms with Gasteiger partial charge in [0, 0.05) is 43.9 Å². The second-order valence-electron chi connectivity index (χ2n) is 6.98. The number of hydrogen-bond acceptors (Lipinski definition) is 4. The van der Waals surface area contributed by atoms with Crippen molar-refractivity contribution in [3.8, 4) is 0 Å². The quantitative estimate of drug-likeness (QED) is 0.837. The molecule has 1 aromatic carbocycles. The Hall–Kier alpha value is -1.44. The molecular weight excluding hydrogens is 340 g/mol. The van der Waals surface area contributed by atoms with Crippen LogP contribution in [0.4, 0.5) is 0 Å². The Morgan fingerprint density at radius 2 is 2.00 bits per heavy atom. The fourth-order valence-electron chi connectivity index (χ4n) is 4.25. The number of fused-ring (bicyclic) bond motifs is 1. The van der Waals surface area contributed by atoms with E-state index in [9.17, 15) is 13.2 Å². The predicted molar refractivity (Wildman–Crippen MR) is 95.5 cm³/mol. The molecule has 6 nitrogen and oxygen atoms in total. The molecule has 0 bridgehead atoms. The smallest absolute Gasteiger partial charge is 0.224 e. The molecule has 25 heavy (non-hydrogen) atoms. The van der Waals surface area contributed by atoms with Crippen LogP contribution in [0.3, 0.4) is 0 Å². The largest absolute Gasteiger partial charge is 0.396 e. The zero-order valence-corrected chi connectivity index (χ0v) is 15.4. The van der Waals surface area contributed by atoms with Gasteiger partial charge >= 0.3 is 0 Å². The van der Waals surface area contributed by atoms with Crippen molar-refractivity contribution in [2.24, 2.45) is 5.92 Å². The highest BCUT2D eigenvalue weighted by molar-refractivity contribution is 7.89. The summed E-state index contributed by atoms with van der Waals surface area (Å²) in [5.41, 5.74) is 0.919. The minimum absolute atomic E-state index is 0.0547. The molecule has 138 valence electrons. The second kappa shape index (κ2) is 7.05. The number of sulfonamides is 1. The van der Waals surface area contributed by atoms with Crippen LogP contribution < -0.4 is 0 Å². The molecule has 2 heterocycles. The van der Waals surface area contributed by atoms with Crippen LogP contribution in [0.1, 0.15) is 25.3 Å². The fourth-order valence-corrected chi connectivity index (χ4v) is 5.45. The van der Waals surface area contributed by atoms with Gasteiger partial charge in [-0.2, -0.15) is 0 Å². The molecule has 0 spiro atoms. The molecule has 0 aromatic heterocycles. The van der Waals surface area contributed by atoms with Gasteiger partial charge in [-0.1, -0.05) is 30.3 Å². The van der Waals surface area contributed by atoms with Crippen molar-refractivity contribution >= 4 is 15.9 Å². The zero-order valence-electron chi connectivity index (χ0n) is 14.6. The molecule has 0 aliphatic carbocycles. The summed E-state index contributed by atoms with van der Waals surface area (Å²) >= 11 is 0. The summed E-state index contributed by atoms with van der Waals surface area (Å²) in [6.45, 7) is 3.60. The molecule has 2 aliphatic rings. The average molecular weight is 366 g/mol. The van der Waals surface area contributed by atoms with Crippen molar-refractivity contribution in [1.29, 1.82) is 0 Å². The number of hydrogen-bond donors (Lipinski definition) is 1. The van der Waals surface area contributed by atoms with Gasteiger partial charge in [-0.25, -0.2) is 12.7 Å². The highest BCUT2D eigenvalue weighted by atomic mass is 32.2. The van der Waals surface area contributed by atoms with Crippen molar-refractivity contribution in [3.63, 3.8) is 0 Å². The van der Waals surface area contributed by atoms with E-state index in [0.717, 1.165) is 12.0 Å². The van der Waals surface area contributed by atoms with Gasteiger partial charge in [-0.3, -0.25) is 4.79 Å². The van der Waals surface area contributed by atoms with E-state index in [1.807, 2.05) is 18.2 Å². The first-order valence-electron chi connectivity index (χ1n) is 8.85. The van der Waals surface area contributed by atoms with Crippen LogP contribution in [-0.2, 0) is 20.2 Å². The number of rotatable bonds is 5. The maximum Gasteiger partial charge on any atom is 0.224 e. The Bertz CT molecular complexity index is 722. The van der Waals surface area contributed by atoms with Crippen molar-refractivity contribution < 1.29 is 18.3 Å². The Balaban J connectivity index is 1.92. The topological polar surface area (TPSA) is 77.9 Å². The number of amides is 1. The first-order valence-corrected chi connectivity index (χ1v) is 10.5. The monoisotopic (exact) mass is 366 g/mol. The predicted octanol–water partition coefficient (Wildman–Crippen LogP) is 0.821. The van der Waals surface area contributed by atoms with Crippen LogP contribution in [-0.4, -0.2) is 67.2 Å². The summed E-state index contributed by atoms with van der Waals surface area (Å²) in [7, 11) is -3.26. The standard InChI is InChI=1S/C18H26N2O4S/c1-2-25(23,24)20-13-16-12-19(17(22)8-11-21)10-9-18(16,14-20)15-6-4-3-5-7-15/h3-7,16,21H,2,8-14H2,1H3/t16?,18-/m0/s1. The van der Waals surface area contributed by atoms with Crippen molar-refractivity contribution in [2.45, 2.75) is 25.2 Å². The molecule has 0 radical (unpaired) electrons. The number of carbonyl (C=O) groups is 1. The summed E-state index contributed by atoms with van der Waals surface area (Å²) < 4.78 is 26.5. The average Bonchev–Trinajstić information content (AvgIpc) is 3.03. The molecule has 2 saturated heterocycles. The van der Waals surface area contributed by atoms with E-state index in [4.69, 9.17) is 5.11 Å². The lowest BCUT2D eigenvalue weighted by molar-refractivity contribution is -0.134. The van der Waals surface area contributed by atoms with Crippen LogP contribution in [0.25, 0.3) is 0 Å².